The predicted molar refractivity (Wildman–Crippen MR) is 74.7 cm³/mol. The van der Waals surface area contributed by atoms with Gasteiger partial charge >= 0.3 is 0 Å². The van der Waals surface area contributed by atoms with E-state index < -0.39 is 0 Å². The van der Waals surface area contributed by atoms with Gasteiger partial charge in [-0.15, -0.1) is 11.3 Å². The Balaban J connectivity index is 2.37. The second-order valence-corrected chi connectivity index (χ2v) is 5.35. The molecule has 0 radical (unpaired) electrons. The van der Waals surface area contributed by atoms with Gasteiger partial charge in [-0.3, -0.25) is 9.89 Å². The fourth-order valence-corrected chi connectivity index (χ4v) is 2.35. The van der Waals surface area contributed by atoms with E-state index in [1.54, 1.807) is 11.3 Å². The van der Waals surface area contributed by atoms with Crippen LogP contribution in [0.4, 0.5) is 5.69 Å². The molecule has 96 valence electrons. The maximum atomic E-state index is 11.9. The molecule has 2 rings (SSSR count). The molecule has 2 heterocycles. The van der Waals surface area contributed by atoms with E-state index in [2.05, 4.69) is 15.5 Å². The molecule has 5 heteroatoms. The zero-order valence-corrected chi connectivity index (χ0v) is 11.6. The van der Waals surface area contributed by atoms with Crippen molar-refractivity contribution in [2.24, 2.45) is 5.92 Å². The Kier molecular flexibility index (Phi) is 3.81. The van der Waals surface area contributed by atoms with Crippen molar-refractivity contribution in [3.8, 4) is 10.6 Å². The van der Waals surface area contributed by atoms with E-state index in [0.29, 0.717) is 0 Å². The first-order valence-electron chi connectivity index (χ1n) is 6.05. The van der Waals surface area contributed by atoms with E-state index in [1.807, 2.05) is 38.3 Å². The molecule has 18 heavy (non-hydrogen) atoms. The molecule has 0 saturated heterocycles. The lowest BCUT2D eigenvalue weighted by molar-refractivity contribution is -0.118. The van der Waals surface area contributed by atoms with Crippen LogP contribution in [0.15, 0.2) is 17.5 Å². The molecule has 0 aliphatic heterocycles. The van der Waals surface area contributed by atoms with Gasteiger partial charge in [-0.1, -0.05) is 26.8 Å². The number of aryl methyl sites for hydroxylation is 1. The van der Waals surface area contributed by atoms with Crippen molar-refractivity contribution < 1.29 is 4.79 Å². The average molecular weight is 263 g/mol. The number of rotatable bonds is 4. The Bertz CT molecular complexity index is 528. The molecule has 2 aromatic rings. The van der Waals surface area contributed by atoms with Crippen molar-refractivity contribution in [2.45, 2.75) is 27.2 Å². The zero-order valence-electron chi connectivity index (χ0n) is 10.8. The minimum atomic E-state index is -0.0409. The van der Waals surface area contributed by atoms with Crippen molar-refractivity contribution in [1.82, 2.24) is 10.2 Å². The third kappa shape index (κ3) is 2.46. The Hall–Kier alpha value is -1.62. The van der Waals surface area contributed by atoms with E-state index in [1.165, 1.54) is 0 Å². The molecular formula is C13H17N3OS. The highest BCUT2D eigenvalue weighted by Crippen LogP contribution is 2.32. The average Bonchev–Trinajstić information content (AvgIpc) is 2.96. The summed E-state index contributed by atoms with van der Waals surface area (Å²) < 4.78 is 0. The topological polar surface area (TPSA) is 57.8 Å². The number of hydrogen-bond acceptors (Lipinski definition) is 3. The van der Waals surface area contributed by atoms with E-state index in [0.717, 1.165) is 28.4 Å². The SMILES string of the molecule is CCc1[nH]nc(-c2cccs2)c1NC(=O)C(C)C. The molecule has 0 fully saturated rings. The number of carbonyl (C=O) groups is 1. The standard InChI is InChI=1S/C13H17N3OS/c1-4-9-11(14-13(17)8(2)3)12(16-15-9)10-6-5-7-18-10/h5-8H,4H2,1-3H3,(H,14,17)(H,15,16). The lowest BCUT2D eigenvalue weighted by Crippen LogP contribution is -2.18. The summed E-state index contributed by atoms with van der Waals surface area (Å²) in [7, 11) is 0. The summed E-state index contributed by atoms with van der Waals surface area (Å²) >= 11 is 1.62. The zero-order chi connectivity index (χ0) is 13.1. The normalized spacial score (nSPS) is 10.9. The van der Waals surface area contributed by atoms with Crippen molar-refractivity contribution in [3.05, 3.63) is 23.2 Å². The second-order valence-electron chi connectivity index (χ2n) is 4.40. The van der Waals surface area contributed by atoms with Crippen LogP contribution in [0.1, 0.15) is 26.5 Å². The predicted octanol–water partition coefficient (Wildman–Crippen LogP) is 3.30. The van der Waals surface area contributed by atoms with Gasteiger partial charge in [0, 0.05) is 5.92 Å². The number of hydrogen-bond donors (Lipinski definition) is 2. The van der Waals surface area contributed by atoms with Crippen LogP contribution < -0.4 is 5.32 Å². The largest absolute Gasteiger partial charge is 0.322 e. The molecule has 0 unspecified atom stereocenters. The van der Waals surface area contributed by atoms with Gasteiger partial charge < -0.3 is 5.32 Å². The first-order chi connectivity index (χ1) is 8.63. The summed E-state index contributed by atoms with van der Waals surface area (Å²) in [5.41, 5.74) is 2.61. The number of aromatic nitrogens is 2. The maximum Gasteiger partial charge on any atom is 0.227 e. The van der Waals surface area contributed by atoms with Crippen LogP contribution in [-0.2, 0) is 11.2 Å². The van der Waals surface area contributed by atoms with Gasteiger partial charge in [0.25, 0.3) is 0 Å². The Labute approximate surface area is 110 Å². The van der Waals surface area contributed by atoms with Gasteiger partial charge in [-0.2, -0.15) is 5.10 Å². The van der Waals surface area contributed by atoms with Gasteiger partial charge in [0.1, 0.15) is 5.69 Å². The molecule has 1 amide bonds. The van der Waals surface area contributed by atoms with Gasteiger partial charge in [-0.25, -0.2) is 0 Å². The van der Waals surface area contributed by atoms with Gasteiger partial charge in [0.05, 0.1) is 16.3 Å². The summed E-state index contributed by atoms with van der Waals surface area (Å²) in [5, 5.41) is 12.3. The number of nitrogens with one attached hydrogen (secondary N) is 2. The first kappa shape index (κ1) is 12.8. The second kappa shape index (κ2) is 5.35. The van der Waals surface area contributed by atoms with Crippen LogP contribution >= 0.6 is 11.3 Å². The molecule has 0 spiro atoms. The first-order valence-corrected chi connectivity index (χ1v) is 6.93. The number of amides is 1. The molecule has 0 aromatic carbocycles. The lowest BCUT2D eigenvalue weighted by atomic mass is 10.1. The molecular weight excluding hydrogens is 246 g/mol. The lowest BCUT2D eigenvalue weighted by Gasteiger charge is -2.09. The van der Waals surface area contributed by atoms with Gasteiger partial charge in [0.15, 0.2) is 0 Å². The number of H-pyrrole nitrogens is 1. The van der Waals surface area contributed by atoms with Crippen LogP contribution in [0.2, 0.25) is 0 Å². The third-order valence-electron chi connectivity index (χ3n) is 2.72. The van der Waals surface area contributed by atoms with Crippen LogP contribution in [0, 0.1) is 5.92 Å². The van der Waals surface area contributed by atoms with Crippen molar-refractivity contribution in [1.29, 1.82) is 0 Å². The molecule has 2 N–H and O–H groups in total. The summed E-state index contributed by atoms with van der Waals surface area (Å²) in [6, 6.07) is 3.99. The molecule has 2 aromatic heterocycles. The Morgan fingerprint density at radius 1 is 1.56 bits per heavy atom. The van der Waals surface area contributed by atoms with E-state index >= 15 is 0 Å². The molecule has 0 saturated carbocycles. The highest BCUT2D eigenvalue weighted by Gasteiger charge is 2.18. The highest BCUT2D eigenvalue weighted by atomic mass is 32.1. The minimum absolute atomic E-state index is 0.0175. The molecule has 0 aliphatic carbocycles. The number of aromatic amines is 1. The van der Waals surface area contributed by atoms with Gasteiger partial charge in [-0.05, 0) is 17.9 Å². The van der Waals surface area contributed by atoms with Gasteiger partial charge in [0.2, 0.25) is 5.91 Å². The molecule has 0 atom stereocenters. The minimum Gasteiger partial charge on any atom is -0.322 e. The smallest absolute Gasteiger partial charge is 0.227 e. The molecule has 4 nitrogen and oxygen atoms in total. The monoisotopic (exact) mass is 263 g/mol. The van der Waals surface area contributed by atoms with E-state index in [9.17, 15) is 4.79 Å². The summed E-state index contributed by atoms with van der Waals surface area (Å²) in [6.45, 7) is 5.80. The Morgan fingerprint density at radius 2 is 2.33 bits per heavy atom. The number of thiophene rings is 1. The van der Waals surface area contributed by atoms with Crippen molar-refractivity contribution in [2.75, 3.05) is 5.32 Å². The fraction of sp³-hybridized carbons (Fsp3) is 0.385. The van der Waals surface area contributed by atoms with Crippen LogP contribution in [0.25, 0.3) is 10.6 Å². The van der Waals surface area contributed by atoms with E-state index in [4.69, 9.17) is 0 Å². The molecule has 0 bridgehead atoms. The summed E-state index contributed by atoms with van der Waals surface area (Å²) in [5.74, 6) is -0.0234. The molecule has 0 aliphatic rings. The highest BCUT2D eigenvalue weighted by molar-refractivity contribution is 7.13. The number of carbonyl (C=O) groups excluding carboxylic acids is 1. The number of anilines is 1. The maximum absolute atomic E-state index is 11.9. The summed E-state index contributed by atoms with van der Waals surface area (Å²) in [6.07, 6.45) is 0.812. The van der Waals surface area contributed by atoms with E-state index in [-0.39, 0.29) is 11.8 Å². The third-order valence-corrected chi connectivity index (χ3v) is 3.60. The van der Waals surface area contributed by atoms with Crippen molar-refractivity contribution >= 4 is 22.9 Å². The fourth-order valence-electron chi connectivity index (χ4n) is 1.63. The quantitative estimate of drug-likeness (QED) is 0.889. The summed E-state index contributed by atoms with van der Waals surface area (Å²) in [4.78, 5) is 12.9. The van der Waals surface area contributed by atoms with Crippen LogP contribution in [0.5, 0.6) is 0 Å². The van der Waals surface area contributed by atoms with Crippen LogP contribution in [0.3, 0.4) is 0 Å². The van der Waals surface area contributed by atoms with Crippen molar-refractivity contribution in [3.63, 3.8) is 0 Å². The van der Waals surface area contributed by atoms with Crippen LogP contribution in [-0.4, -0.2) is 16.1 Å². The Morgan fingerprint density at radius 3 is 2.89 bits per heavy atom. The number of nitrogens with zero attached hydrogens (tertiary/aromatic N) is 1.